The Hall–Kier alpha value is -2.58. The molecule has 1 aliphatic rings. The zero-order chi connectivity index (χ0) is 24.5. The van der Waals surface area contributed by atoms with Gasteiger partial charge in [0.1, 0.15) is 11.8 Å². The van der Waals surface area contributed by atoms with Gasteiger partial charge in [-0.25, -0.2) is 15.0 Å². The van der Waals surface area contributed by atoms with Gasteiger partial charge in [0.05, 0.1) is 18.5 Å². The summed E-state index contributed by atoms with van der Waals surface area (Å²) in [6.07, 6.45) is 4.99. The molecule has 0 saturated carbocycles. The maximum absolute atomic E-state index is 7.09. The summed E-state index contributed by atoms with van der Waals surface area (Å²) in [5.41, 5.74) is 1.38. The zero-order valence-corrected chi connectivity index (χ0v) is 22.2. The van der Waals surface area contributed by atoms with Crippen molar-refractivity contribution in [3.63, 3.8) is 0 Å². The first-order valence-corrected chi connectivity index (χ1v) is 14.4. The largest absolute Gasteiger partial charge is 0.407 e. The fourth-order valence-corrected chi connectivity index (χ4v) is 10.1. The number of imidazole rings is 1. The fraction of sp³-hybridized carbons (Fsp3) is 0.370. The number of aromatic nitrogens is 4. The highest BCUT2D eigenvalue weighted by Gasteiger charge is 2.50. The molecule has 0 radical (unpaired) electrons. The molecule has 0 bridgehead atoms. The molecule has 6 nitrogen and oxygen atoms in total. The summed E-state index contributed by atoms with van der Waals surface area (Å²) in [7, 11) is -2.57. The van der Waals surface area contributed by atoms with Crippen LogP contribution in [0.4, 0.5) is 0 Å². The Morgan fingerprint density at radius 3 is 2.29 bits per heavy atom. The third-order valence-corrected chi connectivity index (χ3v) is 12.3. The third-order valence-electron chi connectivity index (χ3n) is 6.98. The van der Waals surface area contributed by atoms with Crippen LogP contribution in [-0.2, 0) is 9.16 Å². The summed E-state index contributed by atoms with van der Waals surface area (Å²) in [5, 5.41) is 2.89. The molecule has 35 heavy (non-hydrogen) atoms. The van der Waals surface area contributed by atoms with Gasteiger partial charge in [-0.1, -0.05) is 93.0 Å². The van der Waals surface area contributed by atoms with E-state index in [-0.39, 0.29) is 17.2 Å². The number of hydrogen-bond acceptors (Lipinski definition) is 5. The van der Waals surface area contributed by atoms with E-state index in [0.29, 0.717) is 23.9 Å². The lowest BCUT2D eigenvalue weighted by Crippen LogP contribution is -2.66. The van der Waals surface area contributed by atoms with Crippen molar-refractivity contribution in [2.75, 3.05) is 13.2 Å². The molecule has 2 aromatic carbocycles. The molecule has 0 unspecified atom stereocenters. The van der Waals surface area contributed by atoms with Crippen LogP contribution < -0.4 is 10.4 Å². The van der Waals surface area contributed by atoms with E-state index >= 15 is 0 Å². The summed E-state index contributed by atoms with van der Waals surface area (Å²) in [4.78, 5) is 12.9. The van der Waals surface area contributed by atoms with Crippen molar-refractivity contribution in [2.45, 2.75) is 50.8 Å². The Morgan fingerprint density at radius 1 is 1.00 bits per heavy atom. The minimum atomic E-state index is -2.57. The molecule has 0 amide bonds. The van der Waals surface area contributed by atoms with E-state index in [2.05, 4.69) is 101 Å². The van der Waals surface area contributed by atoms with Crippen LogP contribution in [0.25, 0.3) is 11.2 Å². The maximum Gasteiger partial charge on any atom is 0.261 e. The molecule has 0 aliphatic carbocycles. The molecule has 4 aromatic rings. The van der Waals surface area contributed by atoms with E-state index in [1.54, 1.807) is 6.33 Å². The number of halogens is 1. The summed E-state index contributed by atoms with van der Waals surface area (Å²) in [5.74, 6) is 0. The standard InChI is InChI=1S/C27H31ClN4O2Si/c1-27(2,3)35(20-10-6-4-7-11-20,21-12-8-5-9-13-21)34-17-15-23-22(14-16-33-23)32-19-31-24-25(28)29-18-30-26(24)32/h4-13,18-19,22-23H,14-17H2,1-3H3/t22-,23-/m0/s1. The number of fused-ring (bicyclic) bond motifs is 1. The monoisotopic (exact) mass is 506 g/mol. The normalized spacial score (nSPS) is 18.9. The predicted molar refractivity (Wildman–Crippen MR) is 142 cm³/mol. The Kier molecular flexibility index (Phi) is 6.77. The van der Waals surface area contributed by atoms with Gasteiger partial charge in [0.15, 0.2) is 10.8 Å². The summed E-state index contributed by atoms with van der Waals surface area (Å²) < 4.78 is 15.4. The average molecular weight is 507 g/mol. The molecule has 2 atom stereocenters. The van der Waals surface area contributed by atoms with E-state index in [9.17, 15) is 0 Å². The zero-order valence-electron chi connectivity index (χ0n) is 20.4. The second-order valence-electron chi connectivity index (χ2n) is 10.1. The number of benzene rings is 2. The molecule has 0 N–H and O–H groups in total. The molecule has 1 saturated heterocycles. The Bertz CT molecular complexity index is 1240. The highest BCUT2D eigenvalue weighted by molar-refractivity contribution is 6.99. The quantitative estimate of drug-likeness (QED) is 0.267. The second kappa shape index (κ2) is 9.82. The van der Waals surface area contributed by atoms with Crippen LogP contribution in [0.1, 0.15) is 39.7 Å². The molecule has 2 aromatic heterocycles. The minimum Gasteiger partial charge on any atom is -0.407 e. The first kappa shape index (κ1) is 24.1. The summed E-state index contributed by atoms with van der Waals surface area (Å²) >= 11 is 6.23. The molecular formula is C27H31ClN4O2Si. The minimum absolute atomic E-state index is 0.0133. The highest BCUT2D eigenvalue weighted by atomic mass is 35.5. The van der Waals surface area contributed by atoms with Crippen LogP contribution in [0.15, 0.2) is 73.3 Å². The van der Waals surface area contributed by atoms with Crippen molar-refractivity contribution in [3.8, 4) is 0 Å². The van der Waals surface area contributed by atoms with E-state index in [0.717, 1.165) is 18.5 Å². The molecule has 1 aliphatic heterocycles. The maximum atomic E-state index is 7.09. The van der Waals surface area contributed by atoms with Crippen LogP contribution in [-0.4, -0.2) is 47.2 Å². The average Bonchev–Trinajstić information content (AvgIpc) is 3.49. The van der Waals surface area contributed by atoms with Gasteiger partial charge in [0.25, 0.3) is 8.32 Å². The van der Waals surface area contributed by atoms with E-state index in [1.807, 2.05) is 0 Å². The van der Waals surface area contributed by atoms with E-state index in [1.165, 1.54) is 16.7 Å². The summed E-state index contributed by atoms with van der Waals surface area (Å²) in [6, 6.07) is 21.6. The molecule has 1 fully saturated rings. The van der Waals surface area contributed by atoms with Gasteiger partial charge in [-0.05, 0) is 28.3 Å². The molecule has 8 heteroatoms. The first-order chi connectivity index (χ1) is 16.9. The number of hydrogen-bond donors (Lipinski definition) is 0. The van der Waals surface area contributed by atoms with Gasteiger partial charge in [-0.15, -0.1) is 0 Å². The van der Waals surface area contributed by atoms with Crippen molar-refractivity contribution in [1.29, 1.82) is 0 Å². The first-order valence-electron chi connectivity index (χ1n) is 12.1. The van der Waals surface area contributed by atoms with Gasteiger partial charge in [0, 0.05) is 13.2 Å². The van der Waals surface area contributed by atoms with Crippen molar-refractivity contribution >= 4 is 41.5 Å². The fourth-order valence-electron chi connectivity index (χ4n) is 5.39. The number of nitrogens with zero attached hydrogens (tertiary/aromatic N) is 4. The van der Waals surface area contributed by atoms with Crippen LogP contribution in [0.2, 0.25) is 10.2 Å². The highest BCUT2D eigenvalue weighted by Crippen LogP contribution is 2.38. The van der Waals surface area contributed by atoms with Gasteiger partial charge >= 0.3 is 0 Å². The van der Waals surface area contributed by atoms with Crippen LogP contribution in [0.3, 0.4) is 0 Å². The Morgan fingerprint density at radius 2 is 1.66 bits per heavy atom. The number of ether oxygens (including phenoxy) is 1. The molecular weight excluding hydrogens is 476 g/mol. The second-order valence-corrected chi connectivity index (χ2v) is 14.7. The van der Waals surface area contributed by atoms with Crippen molar-refractivity contribution in [1.82, 2.24) is 19.5 Å². The lowest BCUT2D eigenvalue weighted by Gasteiger charge is -2.43. The molecule has 3 heterocycles. The SMILES string of the molecule is CC(C)(C)[Si](OCC[C@@H]1OCC[C@@H]1n1cnc2c(Cl)ncnc21)(c1ccccc1)c1ccccc1. The van der Waals surface area contributed by atoms with Crippen LogP contribution in [0.5, 0.6) is 0 Å². The van der Waals surface area contributed by atoms with E-state index < -0.39 is 8.32 Å². The van der Waals surface area contributed by atoms with E-state index in [4.69, 9.17) is 20.8 Å². The van der Waals surface area contributed by atoms with Crippen LogP contribution >= 0.6 is 11.6 Å². The molecule has 0 spiro atoms. The predicted octanol–water partition coefficient (Wildman–Crippen LogP) is 4.78. The Labute approximate surface area is 212 Å². The van der Waals surface area contributed by atoms with Gasteiger partial charge in [-0.3, -0.25) is 0 Å². The molecule has 182 valence electrons. The van der Waals surface area contributed by atoms with Gasteiger partial charge in [-0.2, -0.15) is 0 Å². The lowest BCUT2D eigenvalue weighted by atomic mass is 10.1. The van der Waals surface area contributed by atoms with Crippen molar-refractivity contribution < 1.29 is 9.16 Å². The third kappa shape index (κ3) is 4.42. The summed E-state index contributed by atoms with van der Waals surface area (Å²) in [6.45, 7) is 8.21. The lowest BCUT2D eigenvalue weighted by molar-refractivity contribution is 0.0719. The smallest absolute Gasteiger partial charge is 0.261 e. The van der Waals surface area contributed by atoms with Crippen molar-refractivity contribution in [2.24, 2.45) is 0 Å². The van der Waals surface area contributed by atoms with Crippen LogP contribution in [0, 0.1) is 0 Å². The van der Waals surface area contributed by atoms with Gasteiger partial charge < -0.3 is 13.7 Å². The topological polar surface area (TPSA) is 62.1 Å². The van der Waals surface area contributed by atoms with Gasteiger partial charge in [0.2, 0.25) is 0 Å². The Balaban J connectivity index is 1.42. The number of rotatable bonds is 7. The van der Waals surface area contributed by atoms with Crippen molar-refractivity contribution in [3.05, 3.63) is 78.5 Å². The molecule has 5 rings (SSSR count).